The molecule has 1 aliphatic rings. The summed E-state index contributed by atoms with van der Waals surface area (Å²) < 4.78 is 27.1. The van der Waals surface area contributed by atoms with E-state index in [-0.39, 0.29) is 52.4 Å². The number of hydrogen-bond acceptors (Lipinski definition) is 6. The number of nitro benzene ring substituents is 1. The van der Waals surface area contributed by atoms with Crippen molar-refractivity contribution in [3.63, 3.8) is 0 Å². The van der Waals surface area contributed by atoms with Gasteiger partial charge in [-0.1, -0.05) is 29.3 Å². The quantitative estimate of drug-likeness (QED) is 0.532. The average Bonchev–Trinajstić information content (AvgIpc) is 2.67. The van der Waals surface area contributed by atoms with Gasteiger partial charge in [0.2, 0.25) is 10.0 Å². The van der Waals surface area contributed by atoms with Gasteiger partial charge in [-0.05, 0) is 24.3 Å². The molecule has 0 atom stereocenters. The summed E-state index contributed by atoms with van der Waals surface area (Å²) in [6, 6.07) is 10.6. The van der Waals surface area contributed by atoms with E-state index in [1.165, 1.54) is 34.6 Å². The highest BCUT2D eigenvalue weighted by Crippen LogP contribution is 2.34. The number of benzene rings is 2. The van der Waals surface area contributed by atoms with Crippen molar-refractivity contribution in [3.05, 3.63) is 62.1 Å². The van der Waals surface area contributed by atoms with E-state index in [1.54, 1.807) is 11.0 Å². The molecule has 0 N–H and O–H groups in total. The Hall–Kier alpha value is -2.38. The highest BCUT2D eigenvalue weighted by atomic mass is 35.5. The Labute approximate surface area is 171 Å². The summed E-state index contributed by atoms with van der Waals surface area (Å²) in [5.74, 6) is 0. The summed E-state index contributed by atoms with van der Waals surface area (Å²) >= 11 is 12.1. The molecular weight excluding hydrogens is 427 g/mol. The Morgan fingerprint density at radius 3 is 2.21 bits per heavy atom. The van der Waals surface area contributed by atoms with Crippen molar-refractivity contribution in [3.8, 4) is 6.07 Å². The zero-order valence-corrected chi connectivity index (χ0v) is 16.7. The molecule has 1 saturated heterocycles. The van der Waals surface area contributed by atoms with Crippen LogP contribution in [0, 0.1) is 21.4 Å². The number of halogens is 2. The zero-order valence-electron chi connectivity index (χ0n) is 14.4. The van der Waals surface area contributed by atoms with Crippen LogP contribution in [0.15, 0.2) is 41.3 Å². The number of hydrogen-bond donors (Lipinski definition) is 0. The van der Waals surface area contributed by atoms with E-state index in [0.29, 0.717) is 5.69 Å². The third-order valence-corrected chi connectivity index (χ3v) is 7.25. The molecule has 11 heteroatoms. The Kier molecular flexibility index (Phi) is 5.76. The third kappa shape index (κ3) is 3.77. The number of rotatable bonds is 4. The van der Waals surface area contributed by atoms with Gasteiger partial charge in [0.25, 0.3) is 5.69 Å². The molecule has 1 aliphatic heterocycles. The molecule has 0 unspecified atom stereocenters. The summed E-state index contributed by atoms with van der Waals surface area (Å²) in [6.45, 7) is 0.712. The Balaban J connectivity index is 1.84. The second-order valence-electron chi connectivity index (χ2n) is 6.01. The molecule has 2 aromatic rings. The summed E-state index contributed by atoms with van der Waals surface area (Å²) in [5.41, 5.74) is 0.339. The largest absolute Gasteiger partial charge is 0.363 e. The molecule has 28 heavy (non-hydrogen) atoms. The fourth-order valence-corrected chi connectivity index (χ4v) is 5.55. The molecule has 2 aromatic carbocycles. The Morgan fingerprint density at radius 2 is 1.68 bits per heavy atom. The minimum Gasteiger partial charge on any atom is -0.363 e. The van der Waals surface area contributed by atoms with E-state index in [1.807, 2.05) is 6.07 Å². The first-order valence-electron chi connectivity index (χ1n) is 8.13. The number of nitro groups is 1. The molecule has 0 bridgehead atoms. The zero-order chi connectivity index (χ0) is 20.5. The van der Waals surface area contributed by atoms with Crippen LogP contribution in [0.4, 0.5) is 11.4 Å². The maximum Gasteiger partial charge on any atom is 0.293 e. The molecule has 0 aliphatic carbocycles. The third-order valence-electron chi connectivity index (χ3n) is 4.40. The van der Waals surface area contributed by atoms with Gasteiger partial charge >= 0.3 is 0 Å². The predicted molar refractivity (Wildman–Crippen MR) is 105 cm³/mol. The number of nitriles is 1. The molecule has 0 amide bonds. The second kappa shape index (κ2) is 7.93. The van der Waals surface area contributed by atoms with Crippen LogP contribution in [-0.2, 0) is 10.0 Å². The lowest BCUT2D eigenvalue weighted by atomic mass is 10.1. The van der Waals surface area contributed by atoms with E-state index < -0.39 is 14.9 Å². The van der Waals surface area contributed by atoms with E-state index in [9.17, 15) is 18.5 Å². The molecule has 1 fully saturated rings. The highest BCUT2D eigenvalue weighted by Gasteiger charge is 2.33. The highest BCUT2D eigenvalue weighted by molar-refractivity contribution is 7.89. The maximum absolute atomic E-state index is 12.9. The second-order valence-corrected chi connectivity index (χ2v) is 8.70. The number of nitrogens with zero attached hydrogens (tertiary/aromatic N) is 4. The fourth-order valence-electron chi connectivity index (χ4n) is 3.03. The predicted octanol–water partition coefficient (Wildman–Crippen LogP) is 3.28. The smallest absolute Gasteiger partial charge is 0.293 e. The van der Waals surface area contributed by atoms with Gasteiger partial charge in [-0.15, -0.1) is 0 Å². The summed E-state index contributed by atoms with van der Waals surface area (Å²) in [5, 5.41) is 20.4. The molecule has 0 aromatic heterocycles. The van der Waals surface area contributed by atoms with Crippen molar-refractivity contribution < 1.29 is 13.3 Å². The minimum absolute atomic E-state index is 0.0395. The van der Waals surface area contributed by atoms with Crippen molar-refractivity contribution in [1.82, 2.24) is 4.31 Å². The van der Waals surface area contributed by atoms with Crippen LogP contribution in [0.2, 0.25) is 10.0 Å². The Morgan fingerprint density at radius 1 is 1.07 bits per heavy atom. The van der Waals surface area contributed by atoms with Crippen molar-refractivity contribution in [2.24, 2.45) is 0 Å². The molecule has 0 radical (unpaired) electrons. The molecule has 146 valence electrons. The first-order chi connectivity index (χ1) is 13.3. The number of piperazine rings is 1. The number of anilines is 1. The van der Waals surface area contributed by atoms with E-state index >= 15 is 0 Å². The lowest BCUT2D eigenvalue weighted by Gasteiger charge is -2.35. The molecular formula is C17H14Cl2N4O4S. The Bertz CT molecular complexity index is 1060. The van der Waals surface area contributed by atoms with Gasteiger partial charge in [-0.3, -0.25) is 10.1 Å². The van der Waals surface area contributed by atoms with Crippen LogP contribution in [0.1, 0.15) is 5.56 Å². The maximum atomic E-state index is 12.9. The summed E-state index contributed by atoms with van der Waals surface area (Å²) in [6.07, 6.45) is 0. The molecule has 3 rings (SSSR count). The van der Waals surface area contributed by atoms with Gasteiger partial charge in [0.05, 0.1) is 26.6 Å². The van der Waals surface area contributed by atoms with Crippen molar-refractivity contribution in [2.75, 3.05) is 31.1 Å². The van der Waals surface area contributed by atoms with Crippen LogP contribution in [0.25, 0.3) is 0 Å². The fraction of sp³-hybridized carbons (Fsp3) is 0.235. The van der Waals surface area contributed by atoms with Crippen LogP contribution in [0.3, 0.4) is 0 Å². The average molecular weight is 441 g/mol. The van der Waals surface area contributed by atoms with Crippen LogP contribution in [-0.4, -0.2) is 43.8 Å². The van der Waals surface area contributed by atoms with Gasteiger partial charge in [0.1, 0.15) is 10.6 Å². The molecule has 0 spiro atoms. The van der Waals surface area contributed by atoms with Crippen molar-refractivity contribution >= 4 is 44.6 Å². The monoisotopic (exact) mass is 440 g/mol. The lowest BCUT2D eigenvalue weighted by molar-refractivity contribution is -0.384. The topological polar surface area (TPSA) is 108 Å². The molecule has 1 heterocycles. The standard InChI is InChI=1S/C17H14Cl2N4O4S/c18-13-2-1-3-14(19)17(13)28(26,27)22-8-6-21(7-9-22)15-5-4-12(11-20)10-16(15)23(24)25/h1-5,10H,6-9H2. The first kappa shape index (κ1) is 20.4. The normalized spacial score (nSPS) is 15.2. The first-order valence-corrected chi connectivity index (χ1v) is 10.3. The van der Waals surface area contributed by atoms with Gasteiger partial charge in [0.15, 0.2) is 0 Å². The molecule has 8 nitrogen and oxygen atoms in total. The lowest BCUT2D eigenvalue weighted by Crippen LogP contribution is -2.48. The van der Waals surface area contributed by atoms with Gasteiger partial charge in [-0.25, -0.2) is 8.42 Å². The van der Waals surface area contributed by atoms with Crippen molar-refractivity contribution in [1.29, 1.82) is 5.26 Å². The molecule has 0 saturated carbocycles. The summed E-state index contributed by atoms with van der Waals surface area (Å²) in [7, 11) is -3.90. The van der Waals surface area contributed by atoms with Crippen LogP contribution >= 0.6 is 23.2 Å². The van der Waals surface area contributed by atoms with Crippen LogP contribution < -0.4 is 4.90 Å². The van der Waals surface area contributed by atoms with Gasteiger partial charge in [0, 0.05) is 32.2 Å². The van der Waals surface area contributed by atoms with Crippen molar-refractivity contribution in [2.45, 2.75) is 4.90 Å². The van der Waals surface area contributed by atoms with Crippen LogP contribution in [0.5, 0.6) is 0 Å². The number of sulfonamides is 1. The van der Waals surface area contributed by atoms with E-state index in [4.69, 9.17) is 28.5 Å². The van der Waals surface area contributed by atoms with Gasteiger partial charge < -0.3 is 4.90 Å². The van der Waals surface area contributed by atoms with E-state index in [2.05, 4.69) is 0 Å². The minimum atomic E-state index is -3.90. The SMILES string of the molecule is N#Cc1ccc(N2CCN(S(=O)(=O)c3c(Cl)cccc3Cl)CC2)c([N+](=O)[O-])c1. The van der Waals surface area contributed by atoms with Gasteiger partial charge in [-0.2, -0.15) is 9.57 Å². The summed E-state index contributed by atoms with van der Waals surface area (Å²) in [4.78, 5) is 12.4. The van der Waals surface area contributed by atoms with E-state index in [0.717, 1.165) is 0 Å².